The maximum absolute atomic E-state index is 12.3. The SMILES string of the molecule is NCc1ccc(C(=O)NC2CCN(c3cccc(Cl)c3)C2)cc1. The molecule has 2 aromatic rings. The summed E-state index contributed by atoms with van der Waals surface area (Å²) < 4.78 is 0. The van der Waals surface area contributed by atoms with E-state index in [1.807, 2.05) is 48.5 Å². The first kappa shape index (κ1) is 15.8. The van der Waals surface area contributed by atoms with E-state index in [9.17, 15) is 4.79 Å². The maximum atomic E-state index is 12.3. The Morgan fingerprint density at radius 3 is 2.74 bits per heavy atom. The maximum Gasteiger partial charge on any atom is 0.251 e. The molecule has 0 aromatic heterocycles. The van der Waals surface area contributed by atoms with Crippen LogP contribution in [0.5, 0.6) is 0 Å². The van der Waals surface area contributed by atoms with Gasteiger partial charge in [0.05, 0.1) is 0 Å². The highest BCUT2D eigenvalue weighted by molar-refractivity contribution is 6.30. The molecule has 1 unspecified atom stereocenters. The van der Waals surface area contributed by atoms with Gasteiger partial charge in [-0.1, -0.05) is 29.8 Å². The third-order valence-electron chi connectivity index (χ3n) is 4.15. The normalized spacial score (nSPS) is 17.3. The van der Waals surface area contributed by atoms with Gasteiger partial charge in [-0.2, -0.15) is 0 Å². The van der Waals surface area contributed by atoms with E-state index >= 15 is 0 Å². The van der Waals surface area contributed by atoms with Crippen LogP contribution in [0.2, 0.25) is 5.02 Å². The minimum atomic E-state index is -0.0356. The van der Waals surface area contributed by atoms with E-state index in [4.69, 9.17) is 17.3 Å². The number of benzene rings is 2. The lowest BCUT2D eigenvalue weighted by Crippen LogP contribution is -2.37. The Morgan fingerprint density at radius 1 is 1.26 bits per heavy atom. The summed E-state index contributed by atoms with van der Waals surface area (Å²) in [5.74, 6) is -0.0356. The zero-order chi connectivity index (χ0) is 16.2. The largest absolute Gasteiger partial charge is 0.369 e. The van der Waals surface area contributed by atoms with Gasteiger partial charge in [-0.15, -0.1) is 0 Å². The average Bonchev–Trinajstić information content (AvgIpc) is 3.03. The van der Waals surface area contributed by atoms with Crippen molar-refractivity contribution in [2.75, 3.05) is 18.0 Å². The Morgan fingerprint density at radius 2 is 2.04 bits per heavy atom. The van der Waals surface area contributed by atoms with Gasteiger partial charge in [0.1, 0.15) is 0 Å². The van der Waals surface area contributed by atoms with E-state index in [1.54, 1.807) is 0 Å². The molecule has 120 valence electrons. The molecule has 0 saturated carbocycles. The number of halogens is 1. The minimum Gasteiger partial charge on any atom is -0.369 e. The van der Waals surface area contributed by atoms with E-state index < -0.39 is 0 Å². The summed E-state index contributed by atoms with van der Waals surface area (Å²) >= 11 is 6.04. The molecule has 3 N–H and O–H groups in total. The van der Waals surface area contributed by atoms with Crippen molar-refractivity contribution in [1.82, 2.24) is 5.32 Å². The molecule has 0 aliphatic carbocycles. The van der Waals surface area contributed by atoms with Crippen LogP contribution in [0.3, 0.4) is 0 Å². The van der Waals surface area contributed by atoms with Crippen LogP contribution < -0.4 is 16.0 Å². The first-order chi connectivity index (χ1) is 11.2. The molecule has 0 bridgehead atoms. The number of anilines is 1. The molecule has 3 rings (SSSR count). The van der Waals surface area contributed by atoms with Gasteiger partial charge in [0.15, 0.2) is 0 Å². The molecule has 23 heavy (non-hydrogen) atoms. The monoisotopic (exact) mass is 329 g/mol. The number of carbonyl (C=O) groups excluding carboxylic acids is 1. The standard InChI is InChI=1S/C18H20ClN3O/c19-15-2-1-3-17(10-15)22-9-8-16(12-22)21-18(23)14-6-4-13(11-20)5-7-14/h1-7,10,16H,8-9,11-12,20H2,(H,21,23). The van der Waals surface area contributed by atoms with Crippen molar-refractivity contribution in [3.05, 3.63) is 64.7 Å². The lowest BCUT2D eigenvalue weighted by atomic mass is 10.1. The number of amides is 1. The zero-order valence-electron chi connectivity index (χ0n) is 12.8. The highest BCUT2D eigenvalue weighted by atomic mass is 35.5. The van der Waals surface area contributed by atoms with Gasteiger partial charge in [-0.25, -0.2) is 0 Å². The molecule has 1 atom stereocenters. The van der Waals surface area contributed by atoms with E-state index in [-0.39, 0.29) is 11.9 Å². The molecular weight excluding hydrogens is 310 g/mol. The van der Waals surface area contributed by atoms with Gasteiger partial charge in [0.2, 0.25) is 0 Å². The third-order valence-corrected chi connectivity index (χ3v) is 4.38. The second-order valence-electron chi connectivity index (χ2n) is 5.79. The van der Waals surface area contributed by atoms with Crippen LogP contribution in [0, 0.1) is 0 Å². The number of carbonyl (C=O) groups is 1. The molecule has 4 nitrogen and oxygen atoms in total. The Kier molecular flexibility index (Phi) is 4.84. The smallest absolute Gasteiger partial charge is 0.251 e. The van der Waals surface area contributed by atoms with Crippen LogP contribution in [0.25, 0.3) is 0 Å². The van der Waals surface area contributed by atoms with E-state index in [0.29, 0.717) is 12.1 Å². The van der Waals surface area contributed by atoms with Crippen molar-refractivity contribution in [3.63, 3.8) is 0 Å². The van der Waals surface area contributed by atoms with Crippen LogP contribution in [0.1, 0.15) is 22.3 Å². The third kappa shape index (κ3) is 3.84. The van der Waals surface area contributed by atoms with Gasteiger partial charge < -0.3 is 16.0 Å². The summed E-state index contributed by atoms with van der Waals surface area (Å²) in [6.45, 7) is 2.20. The highest BCUT2D eigenvalue weighted by Gasteiger charge is 2.24. The molecule has 1 amide bonds. The fourth-order valence-electron chi connectivity index (χ4n) is 2.85. The summed E-state index contributed by atoms with van der Waals surface area (Å²) in [5, 5.41) is 3.83. The van der Waals surface area contributed by atoms with E-state index in [2.05, 4.69) is 10.2 Å². The number of hydrogen-bond acceptors (Lipinski definition) is 3. The predicted octanol–water partition coefficient (Wildman–Crippen LogP) is 2.81. The van der Waals surface area contributed by atoms with Crippen LogP contribution in [0.15, 0.2) is 48.5 Å². The second-order valence-corrected chi connectivity index (χ2v) is 6.22. The highest BCUT2D eigenvalue weighted by Crippen LogP contribution is 2.23. The molecular formula is C18H20ClN3O. The molecule has 1 aliphatic rings. The molecule has 1 saturated heterocycles. The molecule has 1 heterocycles. The van der Waals surface area contributed by atoms with Crippen molar-refractivity contribution >= 4 is 23.2 Å². The molecule has 0 spiro atoms. The van der Waals surface area contributed by atoms with Crippen molar-refractivity contribution < 1.29 is 4.79 Å². The molecule has 1 fully saturated rings. The predicted molar refractivity (Wildman–Crippen MR) is 93.9 cm³/mol. The average molecular weight is 330 g/mol. The van der Waals surface area contributed by atoms with Crippen LogP contribution >= 0.6 is 11.6 Å². The summed E-state index contributed by atoms with van der Waals surface area (Å²) in [6, 6.07) is 15.4. The fraction of sp³-hybridized carbons (Fsp3) is 0.278. The van der Waals surface area contributed by atoms with Crippen LogP contribution in [-0.4, -0.2) is 25.0 Å². The van der Waals surface area contributed by atoms with Crippen molar-refractivity contribution in [2.24, 2.45) is 5.73 Å². The van der Waals surface area contributed by atoms with Gasteiger partial charge in [0.25, 0.3) is 5.91 Å². The van der Waals surface area contributed by atoms with Crippen molar-refractivity contribution in [2.45, 2.75) is 19.0 Å². The summed E-state index contributed by atoms with van der Waals surface area (Å²) in [6.07, 6.45) is 0.930. The number of nitrogens with two attached hydrogens (primary N) is 1. The number of nitrogens with zero attached hydrogens (tertiary/aromatic N) is 1. The van der Waals surface area contributed by atoms with Gasteiger partial charge in [-0.05, 0) is 42.3 Å². The first-order valence-corrected chi connectivity index (χ1v) is 8.14. The Balaban J connectivity index is 1.59. The van der Waals surface area contributed by atoms with Crippen LogP contribution in [-0.2, 0) is 6.54 Å². The van der Waals surface area contributed by atoms with Gasteiger partial charge in [-0.3, -0.25) is 4.79 Å². The summed E-state index contributed by atoms with van der Waals surface area (Å²) in [4.78, 5) is 14.6. The zero-order valence-corrected chi connectivity index (χ0v) is 13.6. The van der Waals surface area contributed by atoms with Gasteiger partial charge in [0, 0.05) is 41.9 Å². The molecule has 2 aromatic carbocycles. The summed E-state index contributed by atoms with van der Waals surface area (Å²) in [7, 11) is 0. The Hall–Kier alpha value is -2.04. The second kappa shape index (κ2) is 7.02. The molecule has 1 aliphatic heterocycles. The van der Waals surface area contributed by atoms with Crippen LogP contribution in [0.4, 0.5) is 5.69 Å². The minimum absolute atomic E-state index is 0.0356. The number of rotatable bonds is 4. The quantitative estimate of drug-likeness (QED) is 0.906. The van der Waals surface area contributed by atoms with E-state index in [0.717, 1.165) is 35.8 Å². The molecule has 5 heteroatoms. The Bertz CT molecular complexity index is 687. The number of hydrogen-bond donors (Lipinski definition) is 2. The van der Waals surface area contributed by atoms with Gasteiger partial charge >= 0.3 is 0 Å². The fourth-order valence-corrected chi connectivity index (χ4v) is 3.03. The topological polar surface area (TPSA) is 58.4 Å². The lowest BCUT2D eigenvalue weighted by Gasteiger charge is -2.19. The van der Waals surface area contributed by atoms with Crippen molar-refractivity contribution in [1.29, 1.82) is 0 Å². The Labute approximate surface area is 141 Å². The van der Waals surface area contributed by atoms with Crippen molar-refractivity contribution in [3.8, 4) is 0 Å². The number of nitrogens with one attached hydrogen (secondary N) is 1. The molecule has 0 radical (unpaired) electrons. The lowest BCUT2D eigenvalue weighted by molar-refractivity contribution is 0.0940. The summed E-state index contributed by atoms with van der Waals surface area (Å²) in [5.41, 5.74) is 8.36. The first-order valence-electron chi connectivity index (χ1n) is 7.76. The van der Waals surface area contributed by atoms with E-state index in [1.165, 1.54) is 0 Å².